The molecule has 1 aromatic carbocycles. The summed E-state index contributed by atoms with van der Waals surface area (Å²) < 4.78 is 10.8. The number of hydrogen-bond donors (Lipinski definition) is 7. The number of carboxylic acids is 1. The van der Waals surface area contributed by atoms with Crippen LogP contribution in [0.15, 0.2) is 24.3 Å². The fraction of sp³-hybridized carbons (Fsp3) is 0.667. The molecule has 400 valence electrons. The number of hydrogen-bond acceptors (Lipinski definition) is 13. The van der Waals surface area contributed by atoms with Gasteiger partial charge in [-0.3, -0.25) is 52.7 Å². The van der Waals surface area contributed by atoms with Gasteiger partial charge in [-0.2, -0.15) is 0 Å². The molecule has 0 spiro atoms. The molecule has 3 rings (SSSR count). The number of carbonyl (C=O) groups is 11. The third kappa shape index (κ3) is 19.3. The molecule has 0 radical (unpaired) electrons. The number of carbonyl (C=O) groups excluding carboxylic acids is 10. The van der Waals surface area contributed by atoms with Crippen LogP contribution in [-0.4, -0.2) is 130 Å². The van der Waals surface area contributed by atoms with Crippen LogP contribution in [0.25, 0.3) is 0 Å². The highest BCUT2D eigenvalue weighted by Gasteiger charge is 2.44. The van der Waals surface area contributed by atoms with E-state index in [0.29, 0.717) is 31.2 Å². The molecule has 21 heteroatoms. The number of nitrogens with zero attached hydrogens (tertiary/aromatic N) is 1. The Bertz CT molecular complexity index is 2140. The van der Waals surface area contributed by atoms with Gasteiger partial charge in [0, 0.05) is 26.3 Å². The maximum Gasteiger partial charge on any atom is 0.322 e. The Morgan fingerprint density at radius 1 is 0.708 bits per heavy atom. The number of amides is 7. The molecule has 1 aromatic rings. The first kappa shape index (κ1) is 59.9. The number of esters is 2. The Morgan fingerprint density at radius 3 is 1.79 bits per heavy atom. The van der Waals surface area contributed by atoms with E-state index in [1.807, 2.05) is 11.4 Å². The molecule has 1 heterocycles. The van der Waals surface area contributed by atoms with E-state index in [9.17, 15) is 47.9 Å². The van der Waals surface area contributed by atoms with E-state index in [0.717, 1.165) is 24.8 Å². The quantitative estimate of drug-likeness (QED) is 0.0579. The normalized spacial score (nSPS) is 17.0. The number of ketones is 1. The number of fused-ring (bicyclic) bond motifs is 1. The van der Waals surface area contributed by atoms with Crippen molar-refractivity contribution < 1.29 is 67.3 Å². The standard InChI is InChI=1S/C51H77N7O14/c1-11-17-34(43(64)48(69)52-28-37(60)61)54-47(68)42-33-21-16-15-18-31(33)26-27-58(42)49(70)41(32-19-13-12-14-20-32)57-46(67)40(29(2)3)56-45(66)36(23-25-39(63)72-51(8,9)10)55-44(65)35(53-30(4)59)22-24-38(62)71-50(5,6)7/h15-16,18,21,29,32,34-36,40-42H,11-14,17,19-20,22-28H2,1-10H3,(H,52,69)(H,53,59)(H,54,68)(H,55,65)(H,56,66)(H,57,67)(H,60,61). The summed E-state index contributed by atoms with van der Waals surface area (Å²) in [5.41, 5.74) is -0.451. The van der Waals surface area contributed by atoms with Crippen LogP contribution in [0.2, 0.25) is 0 Å². The van der Waals surface area contributed by atoms with Gasteiger partial charge in [0.15, 0.2) is 0 Å². The zero-order valence-corrected chi connectivity index (χ0v) is 43.5. The molecule has 1 saturated carbocycles. The number of aliphatic carboxylic acids is 1. The molecule has 0 saturated heterocycles. The van der Waals surface area contributed by atoms with Gasteiger partial charge in [0.25, 0.3) is 5.91 Å². The van der Waals surface area contributed by atoms with Crippen molar-refractivity contribution in [3.05, 3.63) is 35.4 Å². The van der Waals surface area contributed by atoms with E-state index < -0.39 is 125 Å². The largest absolute Gasteiger partial charge is 0.480 e. The van der Waals surface area contributed by atoms with Gasteiger partial charge in [-0.05, 0) is 103 Å². The Hall–Kier alpha value is -6.41. The molecule has 2 aliphatic rings. The monoisotopic (exact) mass is 1010 g/mol. The smallest absolute Gasteiger partial charge is 0.322 e. The minimum atomic E-state index is -1.47. The molecular formula is C51H77N7O14. The summed E-state index contributed by atoms with van der Waals surface area (Å²) in [5, 5.41) is 24.5. The summed E-state index contributed by atoms with van der Waals surface area (Å²) in [6, 6.07) is -0.945. The van der Waals surface area contributed by atoms with E-state index in [1.54, 1.807) is 80.5 Å². The summed E-state index contributed by atoms with van der Waals surface area (Å²) in [7, 11) is 0. The first-order valence-corrected chi connectivity index (χ1v) is 25.0. The molecule has 21 nitrogen and oxygen atoms in total. The molecular weight excluding hydrogens is 935 g/mol. The van der Waals surface area contributed by atoms with Crippen molar-refractivity contribution in [2.75, 3.05) is 13.1 Å². The molecule has 6 atom stereocenters. The van der Waals surface area contributed by atoms with Crippen LogP contribution in [0.3, 0.4) is 0 Å². The second-order valence-electron chi connectivity index (χ2n) is 20.9. The number of carboxylic acid groups (broad SMARTS) is 1. The zero-order valence-electron chi connectivity index (χ0n) is 43.5. The second kappa shape index (κ2) is 27.4. The third-order valence-corrected chi connectivity index (χ3v) is 12.0. The molecule has 6 unspecified atom stereocenters. The molecule has 0 aromatic heterocycles. The van der Waals surface area contributed by atoms with Crippen molar-refractivity contribution in [1.29, 1.82) is 0 Å². The minimum Gasteiger partial charge on any atom is -0.480 e. The van der Waals surface area contributed by atoms with E-state index in [-0.39, 0.29) is 44.6 Å². The lowest BCUT2D eigenvalue weighted by atomic mass is 9.82. The zero-order chi connectivity index (χ0) is 54.1. The van der Waals surface area contributed by atoms with Crippen molar-refractivity contribution >= 4 is 65.0 Å². The molecule has 0 bridgehead atoms. The average molecular weight is 1010 g/mol. The lowest BCUT2D eigenvalue weighted by Gasteiger charge is -2.41. The van der Waals surface area contributed by atoms with Gasteiger partial charge in [0.05, 0.1) is 6.04 Å². The van der Waals surface area contributed by atoms with Crippen LogP contribution in [0.5, 0.6) is 0 Å². The highest BCUT2D eigenvalue weighted by Crippen LogP contribution is 2.34. The van der Waals surface area contributed by atoms with Crippen molar-refractivity contribution in [1.82, 2.24) is 36.8 Å². The van der Waals surface area contributed by atoms with Gasteiger partial charge in [0.1, 0.15) is 48.0 Å². The summed E-state index contributed by atoms with van der Waals surface area (Å²) in [6.07, 6.45) is 3.16. The molecule has 7 amide bonds. The minimum absolute atomic E-state index is 0.0337. The number of rotatable bonds is 24. The van der Waals surface area contributed by atoms with E-state index in [4.69, 9.17) is 14.6 Å². The van der Waals surface area contributed by atoms with Crippen LogP contribution < -0.4 is 31.9 Å². The van der Waals surface area contributed by atoms with Gasteiger partial charge < -0.3 is 51.4 Å². The van der Waals surface area contributed by atoms with Crippen molar-refractivity contribution in [2.45, 2.75) is 194 Å². The van der Waals surface area contributed by atoms with Gasteiger partial charge >= 0.3 is 17.9 Å². The van der Waals surface area contributed by atoms with Gasteiger partial charge in [-0.15, -0.1) is 0 Å². The van der Waals surface area contributed by atoms with Crippen LogP contribution in [-0.2, 0) is 68.6 Å². The Morgan fingerprint density at radius 2 is 1.26 bits per heavy atom. The second-order valence-corrected chi connectivity index (χ2v) is 20.9. The average Bonchev–Trinajstić information content (AvgIpc) is 3.29. The maximum atomic E-state index is 15.2. The predicted octanol–water partition coefficient (Wildman–Crippen LogP) is 2.61. The molecule has 1 aliphatic heterocycles. The summed E-state index contributed by atoms with van der Waals surface area (Å²) in [4.78, 5) is 149. The summed E-state index contributed by atoms with van der Waals surface area (Å²) in [5.74, 6) is -10.3. The first-order valence-electron chi connectivity index (χ1n) is 25.0. The lowest BCUT2D eigenvalue weighted by Crippen LogP contribution is -2.62. The van der Waals surface area contributed by atoms with Crippen molar-refractivity contribution in [2.24, 2.45) is 11.8 Å². The van der Waals surface area contributed by atoms with Gasteiger partial charge in [0.2, 0.25) is 41.2 Å². The number of nitrogens with one attached hydrogen (secondary N) is 6. The highest BCUT2D eigenvalue weighted by atomic mass is 16.6. The van der Waals surface area contributed by atoms with Crippen LogP contribution in [0.4, 0.5) is 0 Å². The summed E-state index contributed by atoms with van der Waals surface area (Å²) >= 11 is 0. The van der Waals surface area contributed by atoms with Crippen molar-refractivity contribution in [3.63, 3.8) is 0 Å². The summed E-state index contributed by atoms with van der Waals surface area (Å²) in [6.45, 7) is 15.5. The van der Waals surface area contributed by atoms with Gasteiger partial charge in [-0.25, -0.2) is 0 Å². The van der Waals surface area contributed by atoms with Crippen LogP contribution >= 0.6 is 0 Å². The number of ether oxygens (including phenoxy) is 2. The Labute approximate surface area is 422 Å². The van der Waals surface area contributed by atoms with Gasteiger partial charge in [-0.1, -0.05) is 70.7 Å². The Balaban J connectivity index is 1.98. The number of benzene rings is 1. The molecule has 1 aliphatic carbocycles. The third-order valence-electron chi connectivity index (χ3n) is 12.0. The maximum absolute atomic E-state index is 15.2. The van der Waals surface area contributed by atoms with Crippen molar-refractivity contribution in [3.8, 4) is 0 Å². The van der Waals surface area contributed by atoms with Crippen LogP contribution in [0.1, 0.15) is 157 Å². The SMILES string of the molecule is CCCC(NC(=O)C1c2ccccc2CCN1C(=O)C(NC(=O)C(NC(=O)C(CCC(=O)OC(C)(C)C)NC(=O)C(CCC(=O)OC(C)(C)C)NC(C)=O)C(C)C)C1CCCCC1)C(=O)C(=O)NCC(=O)O. The Kier molecular flexibility index (Phi) is 22.8. The molecule has 7 N–H and O–H groups in total. The van der Waals surface area contributed by atoms with Crippen LogP contribution in [0, 0.1) is 11.8 Å². The van der Waals surface area contributed by atoms with E-state index in [1.165, 1.54) is 11.8 Å². The lowest BCUT2D eigenvalue weighted by molar-refractivity contribution is -0.156. The fourth-order valence-electron chi connectivity index (χ4n) is 8.72. The molecule has 1 fully saturated rings. The van der Waals surface area contributed by atoms with E-state index >= 15 is 4.79 Å². The highest BCUT2D eigenvalue weighted by molar-refractivity contribution is 6.38. The molecule has 72 heavy (non-hydrogen) atoms. The first-order chi connectivity index (χ1) is 33.6. The predicted molar refractivity (Wildman–Crippen MR) is 262 cm³/mol. The number of Topliss-reactive ketones (excluding diaryl/α,β-unsaturated/α-hetero) is 1. The fourth-order valence-corrected chi connectivity index (χ4v) is 8.72. The van der Waals surface area contributed by atoms with E-state index in [2.05, 4.69) is 26.6 Å². The topological polar surface area (TPSA) is 302 Å².